The van der Waals surface area contributed by atoms with Gasteiger partial charge in [-0.2, -0.15) is 0 Å². The standard InChI is InChI=1S/C17H14ClNO6/c1-10(11-3-2-4-13(7-11)19(21)22)25-17(20)12-8-14(18)16-15(9-12)23-5-6-24-16/h2-4,7-10H,5-6H2,1H3/t10-/m0/s1. The van der Waals surface area contributed by atoms with Crippen LogP contribution in [0.2, 0.25) is 5.02 Å². The van der Waals surface area contributed by atoms with Gasteiger partial charge in [0.1, 0.15) is 19.3 Å². The highest BCUT2D eigenvalue weighted by Gasteiger charge is 2.22. The first-order valence-electron chi connectivity index (χ1n) is 7.50. The summed E-state index contributed by atoms with van der Waals surface area (Å²) in [5.41, 5.74) is 0.667. The van der Waals surface area contributed by atoms with Crippen LogP contribution >= 0.6 is 11.6 Å². The number of esters is 1. The molecule has 0 aliphatic carbocycles. The average molecular weight is 364 g/mol. The zero-order chi connectivity index (χ0) is 18.0. The van der Waals surface area contributed by atoms with Gasteiger partial charge in [-0.3, -0.25) is 10.1 Å². The fraction of sp³-hybridized carbons (Fsp3) is 0.235. The minimum Gasteiger partial charge on any atom is -0.486 e. The SMILES string of the molecule is C[C@H](OC(=O)c1cc(Cl)c2c(c1)OCCO2)c1cccc([N+](=O)[O-])c1. The van der Waals surface area contributed by atoms with E-state index in [0.29, 0.717) is 30.3 Å². The molecule has 0 fully saturated rings. The van der Waals surface area contributed by atoms with Crippen LogP contribution in [0.15, 0.2) is 36.4 Å². The molecule has 1 aliphatic rings. The molecule has 8 heteroatoms. The van der Waals surface area contributed by atoms with E-state index >= 15 is 0 Å². The van der Waals surface area contributed by atoms with Crippen LogP contribution in [0, 0.1) is 10.1 Å². The van der Waals surface area contributed by atoms with Gasteiger partial charge >= 0.3 is 5.97 Å². The molecule has 0 saturated heterocycles. The molecule has 1 heterocycles. The maximum atomic E-state index is 12.4. The van der Waals surface area contributed by atoms with Crippen LogP contribution in [-0.2, 0) is 4.74 Å². The van der Waals surface area contributed by atoms with Crippen LogP contribution in [-0.4, -0.2) is 24.1 Å². The summed E-state index contributed by atoms with van der Waals surface area (Å²) in [5.74, 6) is 0.169. The van der Waals surface area contributed by atoms with Gasteiger partial charge in [0.2, 0.25) is 0 Å². The second kappa shape index (κ2) is 6.98. The van der Waals surface area contributed by atoms with Crippen molar-refractivity contribution in [3.63, 3.8) is 0 Å². The van der Waals surface area contributed by atoms with Crippen molar-refractivity contribution in [2.45, 2.75) is 13.0 Å². The molecule has 0 saturated carbocycles. The lowest BCUT2D eigenvalue weighted by atomic mass is 10.1. The maximum absolute atomic E-state index is 12.4. The molecule has 3 rings (SSSR count). The molecule has 0 amide bonds. The van der Waals surface area contributed by atoms with E-state index in [4.69, 9.17) is 25.8 Å². The third-order valence-corrected chi connectivity index (χ3v) is 3.95. The first kappa shape index (κ1) is 17.0. The Hall–Kier alpha value is -2.80. The molecule has 1 atom stereocenters. The van der Waals surface area contributed by atoms with Crippen molar-refractivity contribution in [2.24, 2.45) is 0 Å². The van der Waals surface area contributed by atoms with Gasteiger partial charge < -0.3 is 14.2 Å². The molecular formula is C17H14ClNO6. The van der Waals surface area contributed by atoms with Gasteiger partial charge in [0.25, 0.3) is 5.69 Å². The number of nitro groups is 1. The number of nitro benzene ring substituents is 1. The zero-order valence-electron chi connectivity index (χ0n) is 13.2. The molecular weight excluding hydrogens is 350 g/mol. The molecule has 0 bridgehead atoms. The number of carbonyl (C=O) groups is 1. The number of halogens is 1. The molecule has 25 heavy (non-hydrogen) atoms. The maximum Gasteiger partial charge on any atom is 0.338 e. The molecule has 2 aromatic carbocycles. The highest BCUT2D eigenvalue weighted by molar-refractivity contribution is 6.32. The Kier molecular flexibility index (Phi) is 4.76. The highest BCUT2D eigenvalue weighted by Crippen LogP contribution is 2.38. The van der Waals surface area contributed by atoms with E-state index in [0.717, 1.165) is 0 Å². The molecule has 7 nitrogen and oxygen atoms in total. The first-order valence-corrected chi connectivity index (χ1v) is 7.88. The molecule has 0 unspecified atom stereocenters. The quantitative estimate of drug-likeness (QED) is 0.464. The minimum atomic E-state index is -0.667. The summed E-state index contributed by atoms with van der Waals surface area (Å²) in [7, 11) is 0. The number of hydrogen-bond donors (Lipinski definition) is 0. The topological polar surface area (TPSA) is 87.9 Å². The third kappa shape index (κ3) is 3.66. The van der Waals surface area contributed by atoms with Gasteiger partial charge in [0, 0.05) is 12.1 Å². The summed E-state index contributed by atoms with van der Waals surface area (Å²) in [6.45, 7) is 2.39. The minimum absolute atomic E-state index is 0.0669. The number of ether oxygens (including phenoxy) is 3. The molecule has 0 aromatic heterocycles. The van der Waals surface area contributed by atoms with Gasteiger partial charge in [-0.05, 0) is 24.6 Å². The number of rotatable bonds is 4. The predicted octanol–water partition coefficient (Wildman–Crippen LogP) is 3.94. The largest absolute Gasteiger partial charge is 0.486 e. The van der Waals surface area contributed by atoms with Gasteiger partial charge in [0.15, 0.2) is 11.5 Å². The lowest BCUT2D eigenvalue weighted by Crippen LogP contribution is -2.17. The normalized spacial score (nSPS) is 13.8. The lowest BCUT2D eigenvalue weighted by Gasteiger charge is -2.20. The van der Waals surface area contributed by atoms with Crippen LogP contribution in [0.1, 0.15) is 28.9 Å². The van der Waals surface area contributed by atoms with Gasteiger partial charge in [-0.25, -0.2) is 4.79 Å². The number of benzene rings is 2. The van der Waals surface area contributed by atoms with Gasteiger partial charge in [0.05, 0.1) is 15.5 Å². The van der Waals surface area contributed by atoms with Crippen molar-refractivity contribution >= 4 is 23.3 Å². The van der Waals surface area contributed by atoms with Crippen molar-refractivity contribution in [2.75, 3.05) is 13.2 Å². The van der Waals surface area contributed by atoms with Crippen molar-refractivity contribution < 1.29 is 23.9 Å². The van der Waals surface area contributed by atoms with Crippen molar-refractivity contribution in [3.05, 3.63) is 62.7 Å². The fourth-order valence-corrected chi connectivity index (χ4v) is 2.68. The molecule has 2 aromatic rings. The lowest BCUT2D eigenvalue weighted by molar-refractivity contribution is -0.385. The average Bonchev–Trinajstić information content (AvgIpc) is 2.61. The Morgan fingerprint density at radius 3 is 2.80 bits per heavy atom. The van der Waals surface area contributed by atoms with Crippen LogP contribution in [0.3, 0.4) is 0 Å². The van der Waals surface area contributed by atoms with Crippen molar-refractivity contribution in [1.29, 1.82) is 0 Å². The molecule has 0 N–H and O–H groups in total. The Bertz CT molecular complexity index is 838. The Morgan fingerprint density at radius 2 is 2.04 bits per heavy atom. The summed E-state index contributed by atoms with van der Waals surface area (Å²) >= 11 is 6.11. The second-order valence-electron chi connectivity index (χ2n) is 5.38. The summed E-state index contributed by atoms with van der Waals surface area (Å²) in [6.07, 6.45) is -0.667. The predicted molar refractivity (Wildman–Crippen MR) is 89.4 cm³/mol. The number of nitrogens with zero attached hydrogens (tertiary/aromatic N) is 1. The number of carbonyl (C=O) groups excluding carboxylic acids is 1. The van der Waals surface area contributed by atoms with E-state index in [1.54, 1.807) is 19.1 Å². The second-order valence-corrected chi connectivity index (χ2v) is 5.79. The fourth-order valence-electron chi connectivity index (χ4n) is 2.42. The number of fused-ring (bicyclic) bond motifs is 1. The Balaban J connectivity index is 1.79. The summed E-state index contributed by atoms with van der Waals surface area (Å²) in [6, 6.07) is 8.88. The summed E-state index contributed by atoms with van der Waals surface area (Å²) in [5, 5.41) is 11.1. The Labute approximate surface area is 148 Å². The smallest absolute Gasteiger partial charge is 0.338 e. The third-order valence-electron chi connectivity index (χ3n) is 3.67. The van der Waals surface area contributed by atoms with E-state index in [9.17, 15) is 14.9 Å². The van der Waals surface area contributed by atoms with E-state index < -0.39 is 17.0 Å². The summed E-state index contributed by atoms with van der Waals surface area (Å²) in [4.78, 5) is 22.7. The molecule has 0 radical (unpaired) electrons. The van der Waals surface area contributed by atoms with Crippen LogP contribution < -0.4 is 9.47 Å². The molecule has 0 spiro atoms. The number of hydrogen-bond acceptors (Lipinski definition) is 6. The van der Waals surface area contributed by atoms with Crippen LogP contribution in [0.25, 0.3) is 0 Å². The van der Waals surface area contributed by atoms with Gasteiger partial charge in [-0.15, -0.1) is 0 Å². The number of non-ortho nitro benzene ring substituents is 1. The van der Waals surface area contributed by atoms with Crippen molar-refractivity contribution in [3.8, 4) is 11.5 Å². The monoisotopic (exact) mass is 363 g/mol. The molecule has 130 valence electrons. The Morgan fingerprint density at radius 1 is 1.28 bits per heavy atom. The van der Waals surface area contributed by atoms with E-state index in [2.05, 4.69) is 0 Å². The van der Waals surface area contributed by atoms with E-state index in [-0.39, 0.29) is 16.3 Å². The van der Waals surface area contributed by atoms with E-state index in [1.807, 2.05) is 0 Å². The van der Waals surface area contributed by atoms with E-state index in [1.165, 1.54) is 24.3 Å². The van der Waals surface area contributed by atoms with Crippen LogP contribution in [0.5, 0.6) is 11.5 Å². The van der Waals surface area contributed by atoms with Crippen LogP contribution in [0.4, 0.5) is 5.69 Å². The zero-order valence-corrected chi connectivity index (χ0v) is 14.0. The molecule has 1 aliphatic heterocycles. The summed E-state index contributed by atoms with van der Waals surface area (Å²) < 4.78 is 16.2. The van der Waals surface area contributed by atoms with Gasteiger partial charge in [-0.1, -0.05) is 23.7 Å². The van der Waals surface area contributed by atoms with Crippen molar-refractivity contribution in [1.82, 2.24) is 0 Å². The first-order chi connectivity index (χ1) is 12.0. The highest BCUT2D eigenvalue weighted by atomic mass is 35.5.